The topological polar surface area (TPSA) is 52.6 Å². The minimum atomic E-state index is -0.916. The fourth-order valence-corrected chi connectivity index (χ4v) is 1.27. The van der Waals surface area contributed by atoms with Crippen LogP contribution in [0.15, 0.2) is 12.2 Å². The first kappa shape index (κ1) is 16.7. The molecule has 0 aliphatic carbocycles. The van der Waals surface area contributed by atoms with Gasteiger partial charge in [-0.1, -0.05) is 32.9 Å². The third kappa shape index (κ3) is 8.79. The van der Waals surface area contributed by atoms with Crippen LogP contribution < -0.4 is 0 Å². The Hall–Kier alpha value is -1.32. The molecule has 0 aliphatic rings. The Kier molecular flexibility index (Phi) is 8.97. The lowest BCUT2D eigenvalue weighted by molar-refractivity contribution is -0.167. The van der Waals surface area contributed by atoms with E-state index >= 15 is 0 Å². The van der Waals surface area contributed by atoms with E-state index in [-0.39, 0.29) is 13.2 Å². The van der Waals surface area contributed by atoms with Crippen molar-refractivity contribution in [3.63, 3.8) is 0 Å². The van der Waals surface area contributed by atoms with E-state index in [0.717, 1.165) is 6.42 Å². The van der Waals surface area contributed by atoms with Crippen LogP contribution in [0.5, 0.6) is 0 Å². The highest BCUT2D eigenvalue weighted by Gasteiger charge is 2.16. The van der Waals surface area contributed by atoms with Crippen LogP contribution in [0.1, 0.15) is 40.5 Å². The van der Waals surface area contributed by atoms with Crippen molar-refractivity contribution >= 4 is 11.9 Å². The first-order valence-electron chi connectivity index (χ1n) is 6.47. The monoisotopic (exact) mass is 256 g/mol. The van der Waals surface area contributed by atoms with E-state index in [2.05, 4.69) is 37.7 Å². The van der Waals surface area contributed by atoms with Gasteiger partial charge in [0, 0.05) is 0 Å². The minimum Gasteiger partial charge on any atom is -0.458 e. The van der Waals surface area contributed by atoms with Crippen LogP contribution in [0.3, 0.4) is 0 Å². The SMILES string of the molecule is CCOC(=O)C(=O)OCCC(C)C=CCC(C)C. The highest BCUT2D eigenvalue weighted by atomic mass is 16.6. The van der Waals surface area contributed by atoms with Crippen LogP contribution in [-0.2, 0) is 19.1 Å². The van der Waals surface area contributed by atoms with E-state index in [0.29, 0.717) is 18.3 Å². The lowest BCUT2D eigenvalue weighted by atomic mass is 10.1. The summed E-state index contributed by atoms with van der Waals surface area (Å²) >= 11 is 0. The molecule has 0 spiro atoms. The summed E-state index contributed by atoms with van der Waals surface area (Å²) in [6.45, 7) is 8.45. The molecule has 18 heavy (non-hydrogen) atoms. The van der Waals surface area contributed by atoms with Gasteiger partial charge in [-0.2, -0.15) is 0 Å². The lowest BCUT2D eigenvalue weighted by Crippen LogP contribution is -2.21. The van der Waals surface area contributed by atoms with Gasteiger partial charge < -0.3 is 9.47 Å². The number of carbonyl (C=O) groups excluding carboxylic acids is 2. The number of allylic oxidation sites excluding steroid dienone is 2. The molecule has 0 amide bonds. The molecule has 0 rings (SSSR count). The van der Waals surface area contributed by atoms with E-state index in [4.69, 9.17) is 4.74 Å². The van der Waals surface area contributed by atoms with Crippen molar-refractivity contribution in [2.24, 2.45) is 11.8 Å². The summed E-state index contributed by atoms with van der Waals surface area (Å²) in [5, 5.41) is 0. The van der Waals surface area contributed by atoms with Crippen molar-refractivity contribution in [3.8, 4) is 0 Å². The molecule has 4 heteroatoms. The van der Waals surface area contributed by atoms with Crippen molar-refractivity contribution in [1.29, 1.82) is 0 Å². The average molecular weight is 256 g/mol. The molecule has 0 heterocycles. The molecule has 0 aromatic rings. The summed E-state index contributed by atoms with van der Waals surface area (Å²) in [6.07, 6.45) is 6.01. The molecule has 4 nitrogen and oxygen atoms in total. The Labute approximate surface area is 109 Å². The van der Waals surface area contributed by atoms with Gasteiger partial charge in [-0.05, 0) is 31.6 Å². The second-order valence-electron chi connectivity index (χ2n) is 4.68. The average Bonchev–Trinajstić information content (AvgIpc) is 2.28. The third-order valence-electron chi connectivity index (χ3n) is 2.32. The molecule has 0 radical (unpaired) electrons. The van der Waals surface area contributed by atoms with Gasteiger partial charge >= 0.3 is 11.9 Å². The van der Waals surface area contributed by atoms with Gasteiger partial charge in [0.2, 0.25) is 0 Å². The van der Waals surface area contributed by atoms with Gasteiger partial charge in [-0.15, -0.1) is 0 Å². The van der Waals surface area contributed by atoms with Crippen LogP contribution in [0.2, 0.25) is 0 Å². The normalized spacial score (nSPS) is 12.7. The smallest absolute Gasteiger partial charge is 0.417 e. The van der Waals surface area contributed by atoms with E-state index in [1.54, 1.807) is 6.92 Å². The molecular formula is C14H24O4. The van der Waals surface area contributed by atoms with E-state index in [1.165, 1.54) is 0 Å². The van der Waals surface area contributed by atoms with E-state index in [1.807, 2.05) is 0 Å². The Morgan fingerprint density at radius 2 is 1.72 bits per heavy atom. The molecule has 104 valence electrons. The molecule has 0 fully saturated rings. The molecule has 0 bridgehead atoms. The number of carbonyl (C=O) groups is 2. The summed E-state index contributed by atoms with van der Waals surface area (Å²) in [5.74, 6) is -0.843. The second-order valence-corrected chi connectivity index (χ2v) is 4.68. The highest BCUT2D eigenvalue weighted by Crippen LogP contribution is 2.07. The van der Waals surface area contributed by atoms with E-state index in [9.17, 15) is 9.59 Å². The van der Waals surface area contributed by atoms with Crippen molar-refractivity contribution in [2.45, 2.75) is 40.5 Å². The summed E-state index contributed by atoms with van der Waals surface area (Å²) in [5.41, 5.74) is 0. The van der Waals surface area contributed by atoms with Crippen LogP contribution in [-0.4, -0.2) is 25.2 Å². The molecule has 0 aliphatic heterocycles. The molecule has 1 atom stereocenters. The number of hydrogen-bond donors (Lipinski definition) is 0. The number of hydrogen-bond acceptors (Lipinski definition) is 4. The number of rotatable bonds is 7. The zero-order valence-electron chi connectivity index (χ0n) is 11.8. The van der Waals surface area contributed by atoms with Crippen LogP contribution >= 0.6 is 0 Å². The summed E-state index contributed by atoms with van der Waals surface area (Å²) in [7, 11) is 0. The second kappa shape index (κ2) is 9.68. The fraction of sp³-hybridized carbons (Fsp3) is 0.714. The fourth-order valence-electron chi connectivity index (χ4n) is 1.27. The Morgan fingerprint density at radius 3 is 2.28 bits per heavy atom. The van der Waals surface area contributed by atoms with Crippen LogP contribution in [0.25, 0.3) is 0 Å². The zero-order valence-corrected chi connectivity index (χ0v) is 11.8. The third-order valence-corrected chi connectivity index (χ3v) is 2.32. The van der Waals surface area contributed by atoms with Gasteiger partial charge in [0.1, 0.15) is 0 Å². The van der Waals surface area contributed by atoms with Gasteiger partial charge in [-0.25, -0.2) is 9.59 Å². The Bertz CT molecular complexity index is 282. The molecule has 0 saturated heterocycles. The van der Waals surface area contributed by atoms with Gasteiger partial charge in [0.05, 0.1) is 13.2 Å². The van der Waals surface area contributed by atoms with Crippen molar-refractivity contribution in [1.82, 2.24) is 0 Å². The largest absolute Gasteiger partial charge is 0.458 e. The predicted molar refractivity (Wildman–Crippen MR) is 70.0 cm³/mol. The molecule has 1 unspecified atom stereocenters. The summed E-state index contributed by atoms with van der Waals surface area (Å²) < 4.78 is 9.33. The van der Waals surface area contributed by atoms with Crippen LogP contribution in [0, 0.1) is 11.8 Å². The van der Waals surface area contributed by atoms with Gasteiger partial charge in [0.25, 0.3) is 0 Å². The standard InChI is InChI=1S/C14H24O4/c1-5-17-13(15)14(16)18-10-9-12(4)8-6-7-11(2)3/h6,8,11-12H,5,7,9-10H2,1-4H3. The van der Waals surface area contributed by atoms with Crippen molar-refractivity contribution in [2.75, 3.05) is 13.2 Å². The Morgan fingerprint density at radius 1 is 1.11 bits per heavy atom. The van der Waals surface area contributed by atoms with E-state index < -0.39 is 11.9 Å². The number of esters is 2. The van der Waals surface area contributed by atoms with Crippen molar-refractivity contribution < 1.29 is 19.1 Å². The molecule has 0 saturated carbocycles. The molecule has 0 aromatic heterocycles. The van der Waals surface area contributed by atoms with Gasteiger partial charge in [0.15, 0.2) is 0 Å². The molecular weight excluding hydrogens is 232 g/mol. The summed E-state index contributed by atoms with van der Waals surface area (Å²) in [6, 6.07) is 0. The maximum atomic E-state index is 11.1. The molecule has 0 N–H and O–H groups in total. The molecule has 0 aromatic carbocycles. The highest BCUT2D eigenvalue weighted by molar-refractivity contribution is 6.29. The Balaban J connectivity index is 3.74. The first-order valence-corrected chi connectivity index (χ1v) is 6.47. The predicted octanol–water partition coefficient (Wildman–Crippen LogP) is 2.72. The quantitative estimate of drug-likeness (QED) is 0.399. The summed E-state index contributed by atoms with van der Waals surface area (Å²) in [4.78, 5) is 22.1. The number of ether oxygens (including phenoxy) is 2. The minimum absolute atomic E-state index is 0.183. The van der Waals surface area contributed by atoms with Crippen molar-refractivity contribution in [3.05, 3.63) is 12.2 Å². The lowest BCUT2D eigenvalue weighted by Gasteiger charge is -2.07. The maximum Gasteiger partial charge on any atom is 0.417 e. The first-order chi connectivity index (χ1) is 8.47. The van der Waals surface area contributed by atoms with Crippen LogP contribution in [0.4, 0.5) is 0 Å². The van der Waals surface area contributed by atoms with Gasteiger partial charge in [-0.3, -0.25) is 0 Å². The zero-order chi connectivity index (χ0) is 14.0. The maximum absolute atomic E-state index is 11.1.